The highest BCUT2D eigenvalue weighted by Crippen LogP contribution is 1.94. The van der Waals surface area contributed by atoms with E-state index in [-0.39, 0.29) is 11.9 Å². The number of nitrogens with two attached hydrogens (primary N) is 1. The second-order valence-corrected chi connectivity index (χ2v) is 2.99. The molecule has 0 aliphatic rings. The minimum Gasteiger partial charge on any atom is -0.383 e. The fourth-order valence-corrected chi connectivity index (χ4v) is 1.06. The van der Waals surface area contributed by atoms with Gasteiger partial charge in [-0.1, -0.05) is 0 Å². The Bertz CT molecular complexity index is 304. The Morgan fingerprint density at radius 3 is 3.00 bits per heavy atom. The van der Waals surface area contributed by atoms with Gasteiger partial charge in [0.15, 0.2) is 0 Å². The second kappa shape index (κ2) is 6.05. The predicted molar refractivity (Wildman–Crippen MR) is 54.2 cm³/mol. The van der Waals surface area contributed by atoms with Crippen LogP contribution in [0, 0.1) is 0 Å². The molecule has 1 rings (SSSR count). The molecule has 0 saturated heterocycles. The van der Waals surface area contributed by atoms with Crippen molar-refractivity contribution in [2.24, 2.45) is 5.73 Å². The fourth-order valence-electron chi connectivity index (χ4n) is 1.06. The van der Waals surface area contributed by atoms with Crippen LogP contribution in [0.5, 0.6) is 0 Å². The van der Waals surface area contributed by atoms with Crippen molar-refractivity contribution in [1.29, 1.82) is 0 Å². The van der Waals surface area contributed by atoms with Crippen LogP contribution < -0.4 is 11.1 Å². The summed E-state index contributed by atoms with van der Waals surface area (Å²) in [4.78, 5) is 11.6. The molecule has 1 atom stereocenters. The lowest BCUT2D eigenvalue weighted by atomic mass is 10.2. The number of hydrogen-bond donors (Lipinski definition) is 2. The zero-order chi connectivity index (χ0) is 11.1. The molecule has 0 bridgehead atoms. The number of nitrogens with zero attached hydrogens (tertiary/aromatic N) is 2. The third-order valence-corrected chi connectivity index (χ3v) is 1.83. The number of aromatic nitrogens is 2. The summed E-state index contributed by atoms with van der Waals surface area (Å²) in [6, 6.07) is 1.40. The van der Waals surface area contributed by atoms with Gasteiger partial charge in [-0.2, -0.15) is 10.2 Å². The van der Waals surface area contributed by atoms with Crippen LogP contribution in [0.25, 0.3) is 0 Å². The maximum atomic E-state index is 11.6. The van der Waals surface area contributed by atoms with Gasteiger partial charge in [-0.3, -0.25) is 4.79 Å². The molecule has 0 aliphatic heterocycles. The van der Waals surface area contributed by atoms with Gasteiger partial charge in [0.05, 0.1) is 30.6 Å². The monoisotopic (exact) mass is 210 g/mol. The molecule has 0 radical (unpaired) electrons. The average molecular weight is 210 g/mol. The first-order chi connectivity index (χ1) is 7.27. The summed E-state index contributed by atoms with van der Waals surface area (Å²) < 4.78 is 4.91. The molecule has 1 heterocycles. The van der Waals surface area contributed by atoms with Gasteiger partial charge in [0.2, 0.25) is 0 Å². The molecule has 1 unspecified atom stereocenters. The van der Waals surface area contributed by atoms with Gasteiger partial charge in [0, 0.05) is 13.7 Å². The lowest BCUT2D eigenvalue weighted by Gasteiger charge is -2.15. The van der Waals surface area contributed by atoms with E-state index in [1.54, 1.807) is 13.2 Å². The highest BCUT2D eigenvalue weighted by atomic mass is 16.5. The van der Waals surface area contributed by atoms with E-state index in [1.807, 2.05) is 0 Å². The van der Waals surface area contributed by atoms with E-state index in [9.17, 15) is 4.79 Å². The molecule has 1 amide bonds. The Morgan fingerprint density at radius 2 is 2.47 bits per heavy atom. The van der Waals surface area contributed by atoms with E-state index < -0.39 is 0 Å². The molecule has 0 aromatic carbocycles. The van der Waals surface area contributed by atoms with Crippen molar-refractivity contribution in [3.63, 3.8) is 0 Å². The Kier molecular flexibility index (Phi) is 4.65. The fraction of sp³-hybridized carbons (Fsp3) is 0.444. The van der Waals surface area contributed by atoms with E-state index in [2.05, 4.69) is 15.5 Å². The summed E-state index contributed by atoms with van der Waals surface area (Å²) in [6.07, 6.45) is 2.86. The first-order valence-electron chi connectivity index (χ1n) is 4.54. The van der Waals surface area contributed by atoms with Gasteiger partial charge in [-0.05, 0) is 6.07 Å². The second-order valence-electron chi connectivity index (χ2n) is 2.99. The lowest BCUT2D eigenvalue weighted by molar-refractivity contribution is 0.0900. The number of carbonyl (C=O) groups excluding carboxylic acids is 1. The van der Waals surface area contributed by atoms with Crippen LogP contribution >= 0.6 is 0 Å². The number of carbonyl (C=O) groups is 1. The molecule has 0 spiro atoms. The molecule has 82 valence electrons. The van der Waals surface area contributed by atoms with Crippen LogP contribution in [0.1, 0.15) is 10.4 Å². The molecule has 6 nitrogen and oxygen atoms in total. The SMILES string of the molecule is COCC(CN)NC(=O)c1ccnnc1. The van der Waals surface area contributed by atoms with Crippen molar-refractivity contribution >= 4 is 5.91 Å². The summed E-state index contributed by atoms with van der Waals surface area (Å²) in [6.45, 7) is 0.721. The summed E-state index contributed by atoms with van der Waals surface area (Å²) in [7, 11) is 1.56. The van der Waals surface area contributed by atoms with Crippen LogP contribution in [0.15, 0.2) is 18.5 Å². The van der Waals surface area contributed by atoms with Crippen molar-refractivity contribution in [3.05, 3.63) is 24.0 Å². The largest absolute Gasteiger partial charge is 0.383 e. The molecule has 1 aromatic rings. The predicted octanol–water partition coefficient (Wildman–Crippen LogP) is -0.820. The standard InChI is InChI=1S/C9H14N4O2/c1-15-6-8(4-10)13-9(14)7-2-3-11-12-5-7/h2-3,5,8H,4,6,10H2,1H3,(H,13,14). The lowest BCUT2D eigenvalue weighted by Crippen LogP contribution is -2.43. The first-order valence-corrected chi connectivity index (χ1v) is 4.54. The summed E-state index contributed by atoms with van der Waals surface area (Å²) >= 11 is 0. The van der Waals surface area contributed by atoms with Crippen molar-refractivity contribution in [3.8, 4) is 0 Å². The number of nitrogens with one attached hydrogen (secondary N) is 1. The molecule has 6 heteroatoms. The van der Waals surface area contributed by atoms with Crippen molar-refractivity contribution in [1.82, 2.24) is 15.5 Å². The van der Waals surface area contributed by atoms with E-state index in [1.165, 1.54) is 12.4 Å². The van der Waals surface area contributed by atoms with E-state index in [0.717, 1.165) is 0 Å². The van der Waals surface area contributed by atoms with Gasteiger partial charge in [-0.25, -0.2) is 0 Å². The maximum absolute atomic E-state index is 11.6. The average Bonchev–Trinajstić information content (AvgIpc) is 2.29. The summed E-state index contributed by atoms with van der Waals surface area (Å²) in [5.74, 6) is -0.225. The van der Waals surface area contributed by atoms with Crippen LogP contribution in [0.4, 0.5) is 0 Å². The molecule has 0 saturated carbocycles. The first kappa shape index (κ1) is 11.5. The molecular formula is C9H14N4O2. The van der Waals surface area contributed by atoms with Crippen LogP contribution in [-0.4, -0.2) is 42.4 Å². The molecule has 0 aliphatic carbocycles. The Morgan fingerprint density at radius 1 is 1.67 bits per heavy atom. The number of rotatable bonds is 5. The molecule has 1 aromatic heterocycles. The molecule has 15 heavy (non-hydrogen) atoms. The summed E-state index contributed by atoms with van der Waals surface area (Å²) in [5, 5.41) is 9.92. The third-order valence-electron chi connectivity index (χ3n) is 1.83. The van der Waals surface area contributed by atoms with Gasteiger partial charge in [0.1, 0.15) is 0 Å². The molecular weight excluding hydrogens is 196 g/mol. The Balaban J connectivity index is 2.55. The zero-order valence-corrected chi connectivity index (χ0v) is 8.51. The minimum atomic E-state index is -0.225. The minimum absolute atomic E-state index is 0.185. The van der Waals surface area contributed by atoms with Gasteiger partial charge >= 0.3 is 0 Å². The van der Waals surface area contributed by atoms with Gasteiger partial charge in [0.25, 0.3) is 5.91 Å². The number of ether oxygens (including phenoxy) is 1. The van der Waals surface area contributed by atoms with E-state index in [0.29, 0.717) is 18.7 Å². The quantitative estimate of drug-likeness (QED) is 0.662. The molecule has 0 fully saturated rings. The smallest absolute Gasteiger partial charge is 0.253 e. The number of hydrogen-bond acceptors (Lipinski definition) is 5. The molecule has 3 N–H and O–H groups in total. The summed E-state index contributed by atoms with van der Waals surface area (Å²) in [5.41, 5.74) is 5.92. The van der Waals surface area contributed by atoms with E-state index >= 15 is 0 Å². The zero-order valence-electron chi connectivity index (χ0n) is 8.51. The van der Waals surface area contributed by atoms with Gasteiger partial charge < -0.3 is 15.8 Å². The number of amides is 1. The number of methoxy groups -OCH3 is 1. The van der Waals surface area contributed by atoms with E-state index in [4.69, 9.17) is 10.5 Å². The van der Waals surface area contributed by atoms with Crippen molar-refractivity contribution < 1.29 is 9.53 Å². The third kappa shape index (κ3) is 3.61. The van der Waals surface area contributed by atoms with Crippen LogP contribution in [-0.2, 0) is 4.74 Å². The normalized spacial score (nSPS) is 12.1. The Hall–Kier alpha value is -1.53. The Labute approximate surface area is 87.8 Å². The van der Waals surface area contributed by atoms with Crippen molar-refractivity contribution in [2.45, 2.75) is 6.04 Å². The topological polar surface area (TPSA) is 90.1 Å². The highest BCUT2D eigenvalue weighted by Gasteiger charge is 2.11. The van der Waals surface area contributed by atoms with Crippen molar-refractivity contribution in [2.75, 3.05) is 20.3 Å². The van der Waals surface area contributed by atoms with Crippen LogP contribution in [0.3, 0.4) is 0 Å². The van der Waals surface area contributed by atoms with Gasteiger partial charge in [-0.15, -0.1) is 0 Å². The van der Waals surface area contributed by atoms with Crippen LogP contribution in [0.2, 0.25) is 0 Å². The highest BCUT2D eigenvalue weighted by molar-refractivity contribution is 5.93. The maximum Gasteiger partial charge on any atom is 0.253 e.